The molecule has 0 atom stereocenters. The predicted octanol–water partition coefficient (Wildman–Crippen LogP) is 2.28. The molecule has 1 aromatic carbocycles. The Morgan fingerprint density at radius 1 is 1.17 bits per heavy atom. The Kier molecular flexibility index (Phi) is 3.62. The fourth-order valence-electron chi connectivity index (χ4n) is 1.42. The van der Waals surface area contributed by atoms with Gasteiger partial charge in [0, 0.05) is 5.56 Å². The van der Waals surface area contributed by atoms with E-state index in [1.165, 1.54) is 19.1 Å². The van der Waals surface area contributed by atoms with Gasteiger partial charge in [-0.05, 0) is 43.3 Å². The van der Waals surface area contributed by atoms with Gasteiger partial charge < -0.3 is 5.32 Å². The molecule has 0 bridgehead atoms. The summed E-state index contributed by atoms with van der Waals surface area (Å²) in [5, 5.41) is 10.8. The third kappa shape index (κ3) is 3.10. The molecule has 0 aliphatic carbocycles. The first-order valence-corrected chi connectivity index (χ1v) is 5.48. The molecule has 0 amide bonds. The fraction of sp³-hybridized carbons (Fsp3) is 0.154. The van der Waals surface area contributed by atoms with E-state index in [2.05, 4.69) is 15.5 Å². The van der Waals surface area contributed by atoms with Gasteiger partial charge in [0.2, 0.25) is 0 Å². The Hall–Kier alpha value is -2.30. The highest BCUT2D eigenvalue weighted by atomic mass is 19.1. The monoisotopic (exact) mass is 245 g/mol. The lowest BCUT2D eigenvalue weighted by atomic mass is 10.1. The second-order valence-electron chi connectivity index (χ2n) is 3.87. The fourth-order valence-corrected chi connectivity index (χ4v) is 1.42. The number of ketones is 1. The summed E-state index contributed by atoms with van der Waals surface area (Å²) in [7, 11) is 0. The molecule has 0 aliphatic rings. The molecule has 0 radical (unpaired) electrons. The minimum absolute atomic E-state index is 0.0272. The van der Waals surface area contributed by atoms with Gasteiger partial charge in [-0.3, -0.25) is 4.79 Å². The lowest BCUT2D eigenvalue weighted by Gasteiger charge is -2.03. The molecule has 0 saturated carbocycles. The van der Waals surface area contributed by atoms with Crippen molar-refractivity contribution in [3.63, 3.8) is 0 Å². The van der Waals surface area contributed by atoms with Crippen LogP contribution in [0.4, 0.5) is 10.2 Å². The summed E-state index contributed by atoms with van der Waals surface area (Å²) in [6.07, 6.45) is 0. The third-order valence-electron chi connectivity index (χ3n) is 2.32. The van der Waals surface area contributed by atoms with Crippen molar-refractivity contribution in [1.82, 2.24) is 10.2 Å². The van der Waals surface area contributed by atoms with Gasteiger partial charge in [0.05, 0.1) is 12.2 Å². The largest absolute Gasteiger partial charge is 0.362 e. The van der Waals surface area contributed by atoms with Crippen LogP contribution in [0.25, 0.3) is 11.3 Å². The van der Waals surface area contributed by atoms with E-state index < -0.39 is 0 Å². The quantitative estimate of drug-likeness (QED) is 0.897. The van der Waals surface area contributed by atoms with Crippen molar-refractivity contribution < 1.29 is 9.18 Å². The summed E-state index contributed by atoms with van der Waals surface area (Å²) in [6, 6.07) is 9.53. The Labute approximate surface area is 104 Å². The second kappa shape index (κ2) is 5.35. The number of Topliss-reactive ketones (excluding diaryl/α,β-unsaturated/α-hetero) is 1. The smallest absolute Gasteiger partial charge is 0.149 e. The lowest BCUT2D eigenvalue weighted by Crippen LogP contribution is -2.11. The number of halogens is 1. The number of carbonyl (C=O) groups excluding carboxylic acids is 1. The van der Waals surface area contributed by atoms with Gasteiger partial charge in [-0.2, -0.15) is 0 Å². The van der Waals surface area contributed by atoms with Gasteiger partial charge in [0.25, 0.3) is 0 Å². The number of carbonyl (C=O) groups is 1. The minimum Gasteiger partial charge on any atom is -0.362 e. The topological polar surface area (TPSA) is 54.9 Å². The molecular weight excluding hydrogens is 233 g/mol. The van der Waals surface area contributed by atoms with E-state index in [4.69, 9.17) is 0 Å². The number of benzene rings is 1. The van der Waals surface area contributed by atoms with Crippen molar-refractivity contribution in [3.05, 3.63) is 42.2 Å². The van der Waals surface area contributed by atoms with Crippen molar-refractivity contribution in [2.45, 2.75) is 6.92 Å². The van der Waals surface area contributed by atoms with Crippen LogP contribution in [0, 0.1) is 5.82 Å². The molecule has 2 rings (SSSR count). The average Bonchev–Trinajstić information content (AvgIpc) is 2.38. The Morgan fingerprint density at radius 2 is 1.89 bits per heavy atom. The minimum atomic E-state index is -0.286. The normalized spacial score (nSPS) is 10.1. The molecule has 0 fully saturated rings. The van der Waals surface area contributed by atoms with Gasteiger partial charge >= 0.3 is 0 Å². The molecular formula is C13H12FN3O. The SMILES string of the molecule is CC(=O)CNc1ccc(-c2ccc(F)cc2)nn1. The lowest BCUT2D eigenvalue weighted by molar-refractivity contribution is -0.115. The van der Waals surface area contributed by atoms with Crippen LogP contribution in [-0.2, 0) is 4.79 Å². The molecule has 18 heavy (non-hydrogen) atoms. The Morgan fingerprint density at radius 3 is 2.44 bits per heavy atom. The molecule has 1 N–H and O–H groups in total. The zero-order valence-corrected chi connectivity index (χ0v) is 9.85. The number of nitrogens with zero attached hydrogens (tertiary/aromatic N) is 2. The number of hydrogen-bond donors (Lipinski definition) is 1. The summed E-state index contributed by atoms with van der Waals surface area (Å²) in [4.78, 5) is 10.8. The first-order chi connectivity index (χ1) is 8.65. The highest BCUT2D eigenvalue weighted by Gasteiger charge is 2.02. The van der Waals surface area contributed by atoms with Crippen LogP contribution in [0.5, 0.6) is 0 Å². The molecule has 0 spiro atoms. The number of rotatable bonds is 4. The van der Waals surface area contributed by atoms with Crippen LogP contribution in [-0.4, -0.2) is 22.5 Å². The molecule has 0 unspecified atom stereocenters. The Balaban J connectivity index is 2.12. The van der Waals surface area contributed by atoms with Crippen molar-refractivity contribution >= 4 is 11.6 Å². The summed E-state index contributed by atoms with van der Waals surface area (Å²) >= 11 is 0. The molecule has 0 aliphatic heterocycles. The van der Waals surface area contributed by atoms with Crippen LogP contribution in [0.15, 0.2) is 36.4 Å². The van der Waals surface area contributed by atoms with Crippen LogP contribution >= 0.6 is 0 Å². The average molecular weight is 245 g/mol. The van der Waals surface area contributed by atoms with Gasteiger partial charge in [0.1, 0.15) is 17.4 Å². The van der Waals surface area contributed by atoms with Crippen LogP contribution in [0.2, 0.25) is 0 Å². The molecule has 5 heteroatoms. The van der Waals surface area contributed by atoms with Crippen LogP contribution in [0.1, 0.15) is 6.92 Å². The van der Waals surface area contributed by atoms with Crippen molar-refractivity contribution in [1.29, 1.82) is 0 Å². The number of hydrogen-bond acceptors (Lipinski definition) is 4. The summed E-state index contributed by atoms with van der Waals surface area (Å²) in [5.41, 5.74) is 1.45. The standard InChI is InChI=1S/C13H12FN3O/c1-9(18)8-15-13-7-6-12(16-17-13)10-2-4-11(14)5-3-10/h2-7H,8H2,1H3,(H,15,17). The highest BCUT2D eigenvalue weighted by Crippen LogP contribution is 2.17. The second-order valence-corrected chi connectivity index (χ2v) is 3.87. The number of aromatic nitrogens is 2. The van der Waals surface area contributed by atoms with Crippen LogP contribution in [0.3, 0.4) is 0 Å². The first kappa shape index (κ1) is 12.2. The van der Waals surface area contributed by atoms with E-state index in [9.17, 15) is 9.18 Å². The summed E-state index contributed by atoms with van der Waals surface area (Å²) in [5.74, 6) is 0.280. The van der Waals surface area contributed by atoms with E-state index in [-0.39, 0.29) is 18.1 Å². The molecule has 92 valence electrons. The maximum Gasteiger partial charge on any atom is 0.149 e. The zero-order valence-electron chi connectivity index (χ0n) is 9.85. The Bertz CT molecular complexity index is 537. The van der Waals surface area contributed by atoms with Gasteiger partial charge in [-0.15, -0.1) is 10.2 Å². The van der Waals surface area contributed by atoms with E-state index >= 15 is 0 Å². The maximum absolute atomic E-state index is 12.8. The molecule has 1 heterocycles. The molecule has 2 aromatic rings. The zero-order chi connectivity index (χ0) is 13.0. The molecule has 1 aromatic heterocycles. The van der Waals surface area contributed by atoms with Crippen molar-refractivity contribution in [2.75, 3.05) is 11.9 Å². The third-order valence-corrected chi connectivity index (χ3v) is 2.32. The predicted molar refractivity (Wildman–Crippen MR) is 66.6 cm³/mol. The van der Waals surface area contributed by atoms with Crippen molar-refractivity contribution in [3.8, 4) is 11.3 Å². The van der Waals surface area contributed by atoms with Crippen LogP contribution < -0.4 is 5.32 Å². The molecule has 4 nitrogen and oxygen atoms in total. The maximum atomic E-state index is 12.8. The van der Waals surface area contributed by atoms with Gasteiger partial charge in [0.15, 0.2) is 0 Å². The number of anilines is 1. The van der Waals surface area contributed by atoms with E-state index in [1.807, 2.05) is 0 Å². The number of nitrogens with one attached hydrogen (secondary N) is 1. The summed E-state index contributed by atoms with van der Waals surface area (Å²) in [6.45, 7) is 1.72. The van der Waals surface area contributed by atoms with E-state index in [1.54, 1.807) is 24.3 Å². The highest BCUT2D eigenvalue weighted by molar-refractivity contribution is 5.80. The van der Waals surface area contributed by atoms with E-state index in [0.717, 1.165) is 5.56 Å². The van der Waals surface area contributed by atoms with Gasteiger partial charge in [-0.1, -0.05) is 0 Å². The molecule has 0 saturated heterocycles. The van der Waals surface area contributed by atoms with Gasteiger partial charge in [-0.25, -0.2) is 4.39 Å². The first-order valence-electron chi connectivity index (χ1n) is 5.48. The van der Waals surface area contributed by atoms with E-state index in [0.29, 0.717) is 11.5 Å². The summed E-state index contributed by atoms with van der Waals surface area (Å²) < 4.78 is 12.8. The van der Waals surface area contributed by atoms with Crippen molar-refractivity contribution in [2.24, 2.45) is 0 Å².